The van der Waals surface area contributed by atoms with Crippen LogP contribution in [0.1, 0.15) is 11.1 Å². The predicted octanol–water partition coefficient (Wildman–Crippen LogP) is 7.69. The van der Waals surface area contributed by atoms with Gasteiger partial charge in [-0.05, 0) is 92.7 Å². The zero-order valence-electron chi connectivity index (χ0n) is 19.1. The van der Waals surface area contributed by atoms with E-state index in [0.717, 1.165) is 24.9 Å². The van der Waals surface area contributed by atoms with E-state index in [1.807, 2.05) is 60.7 Å². The highest BCUT2D eigenvalue weighted by atomic mass is 127. The average Bonchev–Trinajstić information content (AvgIpc) is 3.21. The Labute approximate surface area is 235 Å². The Morgan fingerprint density at radius 1 is 1.06 bits per heavy atom. The second kappa shape index (κ2) is 11.1. The number of methoxy groups -OCH3 is 1. The van der Waals surface area contributed by atoms with E-state index in [9.17, 15) is 4.79 Å². The van der Waals surface area contributed by atoms with E-state index in [4.69, 9.17) is 9.47 Å². The number of nitrogens with zero attached hydrogens (tertiary/aromatic N) is 1. The van der Waals surface area contributed by atoms with Crippen molar-refractivity contribution in [1.82, 2.24) is 5.32 Å². The van der Waals surface area contributed by atoms with Crippen LogP contribution in [0.2, 0.25) is 0 Å². The summed E-state index contributed by atoms with van der Waals surface area (Å²) in [6, 6.07) is 25.9. The molecule has 1 heterocycles. The number of fused-ring (bicyclic) bond motifs is 1. The summed E-state index contributed by atoms with van der Waals surface area (Å²) in [5.41, 5.74) is 2.71. The number of amidine groups is 1. The van der Waals surface area contributed by atoms with Gasteiger partial charge in [0.25, 0.3) is 5.91 Å². The number of benzene rings is 4. The van der Waals surface area contributed by atoms with Crippen molar-refractivity contribution in [3.63, 3.8) is 0 Å². The van der Waals surface area contributed by atoms with Gasteiger partial charge in [-0.1, -0.05) is 64.5 Å². The molecule has 0 aromatic heterocycles. The lowest BCUT2D eigenvalue weighted by Crippen LogP contribution is -2.19. The lowest BCUT2D eigenvalue weighted by molar-refractivity contribution is -0.115. The fourth-order valence-electron chi connectivity index (χ4n) is 3.83. The summed E-state index contributed by atoms with van der Waals surface area (Å²) in [5, 5.41) is 5.72. The molecule has 0 saturated carbocycles. The number of hydrogen-bond donors (Lipinski definition) is 1. The lowest BCUT2D eigenvalue weighted by Gasteiger charge is -2.15. The number of thioether (sulfide) groups is 1. The fraction of sp³-hybridized carbons (Fsp3) is 0.0714. The van der Waals surface area contributed by atoms with Gasteiger partial charge >= 0.3 is 0 Å². The average molecular weight is 671 g/mol. The summed E-state index contributed by atoms with van der Waals surface area (Å²) in [5.74, 6) is 1.10. The Morgan fingerprint density at radius 3 is 2.69 bits per heavy atom. The molecule has 1 aliphatic heterocycles. The molecule has 36 heavy (non-hydrogen) atoms. The van der Waals surface area contributed by atoms with E-state index >= 15 is 0 Å². The van der Waals surface area contributed by atoms with E-state index in [0.29, 0.717) is 28.2 Å². The van der Waals surface area contributed by atoms with E-state index in [1.54, 1.807) is 7.11 Å². The zero-order valence-corrected chi connectivity index (χ0v) is 23.7. The lowest BCUT2D eigenvalue weighted by atomic mass is 10.1. The van der Waals surface area contributed by atoms with Gasteiger partial charge in [0.2, 0.25) is 0 Å². The van der Waals surface area contributed by atoms with E-state index < -0.39 is 0 Å². The van der Waals surface area contributed by atoms with Gasteiger partial charge in [0.1, 0.15) is 6.61 Å². The van der Waals surface area contributed by atoms with Gasteiger partial charge in [0.05, 0.1) is 21.3 Å². The summed E-state index contributed by atoms with van der Waals surface area (Å²) in [4.78, 5) is 17.7. The highest BCUT2D eigenvalue weighted by Gasteiger charge is 2.24. The third-order valence-electron chi connectivity index (χ3n) is 5.49. The summed E-state index contributed by atoms with van der Waals surface area (Å²) < 4.78 is 13.7. The summed E-state index contributed by atoms with van der Waals surface area (Å²) in [7, 11) is 1.62. The third kappa shape index (κ3) is 5.61. The van der Waals surface area contributed by atoms with Crippen molar-refractivity contribution in [2.45, 2.75) is 6.61 Å². The van der Waals surface area contributed by atoms with E-state index in [2.05, 4.69) is 73.1 Å². The molecule has 0 aliphatic carbocycles. The van der Waals surface area contributed by atoms with Gasteiger partial charge in [-0.2, -0.15) is 0 Å². The number of carbonyl (C=O) groups excluding carboxylic acids is 1. The van der Waals surface area contributed by atoms with Gasteiger partial charge in [0.15, 0.2) is 16.7 Å². The molecule has 8 heteroatoms. The summed E-state index contributed by atoms with van der Waals surface area (Å²) in [6.07, 6.45) is 1.84. The number of nitrogens with one attached hydrogen (secondary N) is 1. The Balaban J connectivity index is 1.37. The molecule has 1 fully saturated rings. The molecule has 4 aromatic carbocycles. The molecule has 0 atom stereocenters. The number of rotatable bonds is 6. The van der Waals surface area contributed by atoms with Gasteiger partial charge in [-0.3, -0.25) is 4.79 Å². The van der Waals surface area contributed by atoms with Crippen molar-refractivity contribution in [2.75, 3.05) is 7.11 Å². The molecule has 1 aliphatic rings. The quantitative estimate of drug-likeness (QED) is 0.169. The highest BCUT2D eigenvalue weighted by molar-refractivity contribution is 14.1. The minimum atomic E-state index is -0.181. The molecule has 1 saturated heterocycles. The highest BCUT2D eigenvalue weighted by Crippen LogP contribution is 2.37. The first-order valence-corrected chi connectivity index (χ1v) is 13.7. The van der Waals surface area contributed by atoms with Crippen molar-refractivity contribution in [1.29, 1.82) is 0 Å². The topological polar surface area (TPSA) is 59.9 Å². The predicted molar refractivity (Wildman–Crippen MR) is 159 cm³/mol. The van der Waals surface area contributed by atoms with Crippen LogP contribution in [0.15, 0.2) is 93.2 Å². The number of hydrogen-bond acceptors (Lipinski definition) is 5. The normalized spacial score (nSPS) is 15.5. The van der Waals surface area contributed by atoms with Crippen LogP contribution >= 0.6 is 50.3 Å². The number of ether oxygens (including phenoxy) is 2. The molecule has 180 valence electrons. The number of amides is 1. The molecule has 1 amide bonds. The molecule has 4 aromatic rings. The van der Waals surface area contributed by atoms with E-state index in [1.165, 1.54) is 22.5 Å². The second-order valence-corrected chi connectivity index (χ2v) is 11.0. The zero-order chi connectivity index (χ0) is 25.1. The van der Waals surface area contributed by atoms with Gasteiger partial charge in [-0.25, -0.2) is 4.99 Å². The Morgan fingerprint density at radius 2 is 1.86 bits per heavy atom. The first-order valence-electron chi connectivity index (χ1n) is 11.0. The van der Waals surface area contributed by atoms with Gasteiger partial charge in [0, 0.05) is 4.47 Å². The maximum absolute atomic E-state index is 12.6. The number of aliphatic imine (C=N–C) groups is 1. The van der Waals surface area contributed by atoms with Crippen molar-refractivity contribution in [3.8, 4) is 11.5 Å². The van der Waals surface area contributed by atoms with Crippen LogP contribution in [0.5, 0.6) is 11.5 Å². The minimum absolute atomic E-state index is 0.181. The van der Waals surface area contributed by atoms with E-state index in [-0.39, 0.29) is 5.91 Å². The molecule has 0 bridgehead atoms. The summed E-state index contributed by atoms with van der Waals surface area (Å²) in [6.45, 7) is 0.418. The van der Waals surface area contributed by atoms with Gasteiger partial charge < -0.3 is 14.8 Å². The Hall–Kier alpha value is -2.82. The van der Waals surface area contributed by atoms with Crippen LogP contribution in [0.3, 0.4) is 0 Å². The second-order valence-electron chi connectivity index (χ2n) is 7.92. The molecule has 0 radical (unpaired) electrons. The molecule has 1 N–H and O–H groups in total. The van der Waals surface area contributed by atoms with Crippen molar-refractivity contribution in [3.05, 3.63) is 103 Å². The molecular weight excluding hydrogens is 651 g/mol. The molecule has 0 unspecified atom stereocenters. The first kappa shape index (κ1) is 24.9. The van der Waals surface area contributed by atoms with Crippen LogP contribution < -0.4 is 14.8 Å². The molecular formula is C28H20BrIN2O3S. The van der Waals surface area contributed by atoms with Crippen LogP contribution in [0.25, 0.3) is 16.8 Å². The largest absolute Gasteiger partial charge is 0.493 e. The minimum Gasteiger partial charge on any atom is -0.493 e. The monoisotopic (exact) mass is 670 g/mol. The molecule has 5 rings (SSSR count). The van der Waals surface area contributed by atoms with Crippen molar-refractivity contribution < 1.29 is 14.3 Å². The van der Waals surface area contributed by atoms with Gasteiger partial charge in [-0.15, -0.1) is 0 Å². The summed E-state index contributed by atoms with van der Waals surface area (Å²) >= 11 is 6.99. The van der Waals surface area contributed by atoms with Crippen molar-refractivity contribution in [2.24, 2.45) is 4.99 Å². The van der Waals surface area contributed by atoms with Crippen LogP contribution in [-0.4, -0.2) is 18.2 Å². The van der Waals surface area contributed by atoms with Crippen molar-refractivity contribution >= 4 is 83.9 Å². The first-order chi connectivity index (χ1) is 17.5. The smallest absolute Gasteiger partial charge is 0.264 e. The molecule has 5 nitrogen and oxygen atoms in total. The van der Waals surface area contributed by atoms with Crippen LogP contribution in [-0.2, 0) is 11.4 Å². The maximum atomic E-state index is 12.6. The number of carbonyl (C=O) groups is 1. The van der Waals surface area contributed by atoms with Crippen LogP contribution in [0, 0.1) is 3.57 Å². The Bertz CT molecular complexity index is 1530. The standard InChI is InChI=1S/C28H20BrIN2O3S/c1-34-24-13-17(14-25-27(33)32-28(36-25)31-21-10-5-9-20(29)15-21)12-23(30)26(24)35-16-19-8-4-7-18-6-2-3-11-22(18)19/h2-15H,16H2,1H3,(H,31,32,33). The Kier molecular flexibility index (Phi) is 7.64. The van der Waals surface area contributed by atoms with Crippen LogP contribution in [0.4, 0.5) is 5.69 Å². The molecule has 0 spiro atoms. The fourth-order valence-corrected chi connectivity index (χ4v) is 5.84. The third-order valence-corrected chi connectivity index (χ3v) is 7.70. The maximum Gasteiger partial charge on any atom is 0.264 e. The number of halogens is 2. The SMILES string of the molecule is COc1cc(C=C2SC(=Nc3cccc(Br)c3)NC2=O)cc(I)c1OCc1cccc2ccccc12.